The summed E-state index contributed by atoms with van der Waals surface area (Å²) in [7, 11) is -4.32. The summed E-state index contributed by atoms with van der Waals surface area (Å²) < 4.78 is 49.6. The fourth-order valence-corrected chi connectivity index (χ4v) is 5.98. The van der Waals surface area contributed by atoms with Crippen molar-refractivity contribution in [2.45, 2.75) is 76.3 Å². The highest BCUT2D eigenvalue weighted by Gasteiger charge is 2.33. The van der Waals surface area contributed by atoms with Gasteiger partial charge >= 0.3 is 10.1 Å². The summed E-state index contributed by atoms with van der Waals surface area (Å²) in [5.41, 5.74) is 2.52. The van der Waals surface area contributed by atoms with Crippen molar-refractivity contribution >= 4 is 10.1 Å². The number of hydrogen-bond donors (Lipinski definition) is 0. The molecule has 0 saturated heterocycles. The molecular weight excluding hydrogens is 475 g/mol. The molecule has 1 aliphatic carbocycles. The largest absolute Gasteiger partial charge is 0.488 e. The predicted molar refractivity (Wildman–Crippen MR) is 142 cm³/mol. The third-order valence-corrected chi connectivity index (χ3v) is 7.80. The Morgan fingerprint density at radius 3 is 2.25 bits per heavy atom. The maximum atomic E-state index is 14.1. The standard InChI is InChI=1S/C30H35FO4S/c1-5-9-28(31)36(32,33)35-24-15-12-22(13-16-24)29-26(21-10-7-6-8-11-21)18-14-23-20-25(17-19-27(23)29)34-30(2,3)4/h6-8,10-13,15-17,19-20,26,28-29H,5,9,14,18H2,1-4H3/t26-,28?,29+/m1/s1. The molecule has 0 heterocycles. The molecule has 192 valence electrons. The van der Waals surface area contributed by atoms with E-state index in [4.69, 9.17) is 8.92 Å². The summed E-state index contributed by atoms with van der Waals surface area (Å²) in [6, 6.07) is 23.9. The molecule has 36 heavy (non-hydrogen) atoms. The van der Waals surface area contributed by atoms with Crippen LogP contribution in [-0.4, -0.2) is 19.5 Å². The van der Waals surface area contributed by atoms with Gasteiger partial charge in [-0.1, -0.05) is 61.9 Å². The molecule has 6 heteroatoms. The van der Waals surface area contributed by atoms with Crippen LogP contribution in [0.3, 0.4) is 0 Å². The lowest BCUT2D eigenvalue weighted by atomic mass is 9.69. The molecule has 0 N–H and O–H groups in total. The minimum atomic E-state index is -4.32. The summed E-state index contributed by atoms with van der Waals surface area (Å²) in [5.74, 6) is 1.33. The molecule has 0 fully saturated rings. The van der Waals surface area contributed by atoms with E-state index >= 15 is 0 Å². The van der Waals surface area contributed by atoms with Gasteiger partial charge in [-0.15, -0.1) is 0 Å². The van der Waals surface area contributed by atoms with Crippen molar-refractivity contribution in [1.29, 1.82) is 0 Å². The molecule has 0 radical (unpaired) electrons. The lowest BCUT2D eigenvalue weighted by molar-refractivity contribution is 0.130. The smallest absolute Gasteiger partial charge is 0.341 e. The minimum Gasteiger partial charge on any atom is -0.488 e. The zero-order valence-corrected chi connectivity index (χ0v) is 22.2. The van der Waals surface area contributed by atoms with Crippen LogP contribution in [0.1, 0.15) is 81.0 Å². The molecule has 3 atom stereocenters. The second-order valence-corrected chi connectivity index (χ2v) is 12.1. The Morgan fingerprint density at radius 1 is 0.944 bits per heavy atom. The van der Waals surface area contributed by atoms with Crippen LogP contribution >= 0.6 is 0 Å². The summed E-state index contributed by atoms with van der Waals surface area (Å²) in [5, 5.41) is 0. The van der Waals surface area contributed by atoms with Crippen LogP contribution in [0, 0.1) is 0 Å². The van der Waals surface area contributed by atoms with Crippen LogP contribution < -0.4 is 8.92 Å². The SMILES string of the molecule is CCCC(F)S(=O)(=O)Oc1ccc([C@@H]2c3ccc(OC(C)(C)C)cc3CC[C@@H]2c2ccccc2)cc1. The minimum absolute atomic E-state index is 0.0829. The molecule has 0 saturated carbocycles. The summed E-state index contributed by atoms with van der Waals surface area (Å²) >= 11 is 0. The van der Waals surface area contributed by atoms with Gasteiger partial charge in [-0.25, -0.2) is 4.39 Å². The van der Waals surface area contributed by atoms with E-state index in [2.05, 4.69) is 36.4 Å². The van der Waals surface area contributed by atoms with Crippen molar-refractivity contribution < 1.29 is 21.7 Å². The predicted octanol–water partition coefficient (Wildman–Crippen LogP) is 7.53. The first kappa shape index (κ1) is 26.2. The molecule has 3 aromatic carbocycles. The number of benzene rings is 3. The Kier molecular flexibility index (Phi) is 7.74. The first-order valence-electron chi connectivity index (χ1n) is 12.6. The van der Waals surface area contributed by atoms with Crippen LogP contribution in [0.15, 0.2) is 72.8 Å². The van der Waals surface area contributed by atoms with E-state index in [1.54, 1.807) is 19.1 Å². The van der Waals surface area contributed by atoms with Crippen molar-refractivity contribution in [1.82, 2.24) is 0 Å². The molecule has 1 aliphatic rings. The van der Waals surface area contributed by atoms with E-state index in [9.17, 15) is 12.8 Å². The summed E-state index contributed by atoms with van der Waals surface area (Å²) in [6.45, 7) is 7.86. The van der Waals surface area contributed by atoms with E-state index < -0.39 is 15.6 Å². The summed E-state index contributed by atoms with van der Waals surface area (Å²) in [4.78, 5) is 0. The van der Waals surface area contributed by atoms with Gasteiger partial charge in [0.2, 0.25) is 5.50 Å². The molecule has 3 aromatic rings. The first-order valence-corrected chi connectivity index (χ1v) is 14.1. The van der Waals surface area contributed by atoms with Crippen LogP contribution in [0.25, 0.3) is 0 Å². The number of ether oxygens (including phenoxy) is 1. The molecule has 4 rings (SSSR count). The highest BCUT2D eigenvalue weighted by atomic mass is 32.2. The maximum absolute atomic E-state index is 14.1. The Bertz CT molecular complexity index is 1260. The lowest BCUT2D eigenvalue weighted by Gasteiger charge is -2.35. The second-order valence-electron chi connectivity index (χ2n) is 10.5. The van der Waals surface area contributed by atoms with Gasteiger partial charge in [0.15, 0.2) is 0 Å². The summed E-state index contributed by atoms with van der Waals surface area (Å²) in [6.07, 6.45) is 2.27. The van der Waals surface area contributed by atoms with Gasteiger partial charge in [0.05, 0.1) is 0 Å². The Labute approximate surface area is 214 Å². The van der Waals surface area contributed by atoms with E-state index in [0.29, 0.717) is 6.42 Å². The second kappa shape index (κ2) is 10.6. The van der Waals surface area contributed by atoms with Gasteiger partial charge in [0.1, 0.15) is 17.1 Å². The molecule has 0 spiro atoms. The zero-order chi connectivity index (χ0) is 25.9. The van der Waals surface area contributed by atoms with Crippen molar-refractivity contribution in [3.8, 4) is 11.5 Å². The molecule has 0 bridgehead atoms. The topological polar surface area (TPSA) is 52.6 Å². The first-order chi connectivity index (χ1) is 17.1. The van der Waals surface area contributed by atoms with Crippen molar-refractivity contribution in [2.24, 2.45) is 0 Å². The average molecular weight is 511 g/mol. The number of rotatable bonds is 8. The Hall–Kier alpha value is -2.86. The fourth-order valence-electron chi connectivity index (χ4n) is 4.97. The number of fused-ring (bicyclic) bond motifs is 1. The fraction of sp³-hybridized carbons (Fsp3) is 0.400. The molecule has 4 nitrogen and oxygen atoms in total. The van der Waals surface area contributed by atoms with Crippen LogP contribution in [0.2, 0.25) is 0 Å². The molecule has 0 aliphatic heterocycles. The molecule has 0 aromatic heterocycles. The quantitative estimate of drug-likeness (QED) is 0.294. The van der Waals surface area contributed by atoms with Gasteiger partial charge in [-0.2, -0.15) is 8.42 Å². The third-order valence-electron chi connectivity index (χ3n) is 6.51. The van der Waals surface area contributed by atoms with Crippen LogP contribution in [0.4, 0.5) is 4.39 Å². The van der Waals surface area contributed by atoms with Crippen molar-refractivity contribution in [3.05, 3.63) is 95.1 Å². The van der Waals surface area contributed by atoms with Crippen LogP contribution in [0.5, 0.6) is 11.5 Å². The molecular formula is C30H35FO4S. The van der Waals surface area contributed by atoms with Crippen molar-refractivity contribution in [2.75, 3.05) is 0 Å². The van der Waals surface area contributed by atoms with Gasteiger partial charge in [0, 0.05) is 5.92 Å². The monoisotopic (exact) mass is 510 g/mol. The van der Waals surface area contributed by atoms with Gasteiger partial charge < -0.3 is 8.92 Å². The number of alkyl halides is 1. The zero-order valence-electron chi connectivity index (χ0n) is 21.4. The average Bonchev–Trinajstić information content (AvgIpc) is 2.83. The molecule has 0 amide bonds. The Morgan fingerprint density at radius 2 is 1.61 bits per heavy atom. The molecule has 1 unspecified atom stereocenters. The number of halogens is 1. The van der Waals surface area contributed by atoms with E-state index in [0.717, 1.165) is 24.2 Å². The third kappa shape index (κ3) is 6.09. The normalized spacial score (nSPS) is 18.8. The highest BCUT2D eigenvalue weighted by Crippen LogP contribution is 2.47. The maximum Gasteiger partial charge on any atom is 0.341 e. The number of aryl methyl sites for hydroxylation is 1. The van der Waals surface area contributed by atoms with E-state index in [1.807, 2.05) is 45.0 Å². The van der Waals surface area contributed by atoms with Crippen LogP contribution in [-0.2, 0) is 16.5 Å². The van der Waals surface area contributed by atoms with E-state index in [1.165, 1.54) is 16.7 Å². The number of hydrogen-bond acceptors (Lipinski definition) is 4. The lowest BCUT2D eigenvalue weighted by Crippen LogP contribution is -2.24. The van der Waals surface area contributed by atoms with Gasteiger partial charge in [0.25, 0.3) is 0 Å². The highest BCUT2D eigenvalue weighted by molar-refractivity contribution is 7.87. The van der Waals surface area contributed by atoms with Gasteiger partial charge in [-0.05, 0) is 92.5 Å². The Balaban J connectivity index is 1.68. The van der Waals surface area contributed by atoms with Crippen molar-refractivity contribution in [3.63, 3.8) is 0 Å². The van der Waals surface area contributed by atoms with E-state index in [-0.39, 0.29) is 29.6 Å². The van der Waals surface area contributed by atoms with Gasteiger partial charge in [-0.3, -0.25) is 0 Å².